The summed E-state index contributed by atoms with van der Waals surface area (Å²) in [5.74, 6) is -0.285. The molecular weight excluding hydrogens is 452 g/mol. The highest BCUT2D eigenvalue weighted by molar-refractivity contribution is 9.10. The van der Waals surface area contributed by atoms with Crippen molar-refractivity contribution in [3.63, 3.8) is 0 Å². The molecule has 1 saturated carbocycles. The number of carbonyl (C=O) groups excluding carboxylic acids is 1. The van der Waals surface area contributed by atoms with Gasteiger partial charge in [0.05, 0.1) is 17.5 Å². The zero-order chi connectivity index (χ0) is 20.9. The third kappa shape index (κ3) is 5.68. The smallest absolute Gasteiger partial charge is 0.243 e. The second-order valence-corrected chi connectivity index (χ2v) is 10.3. The monoisotopic (exact) mass is 478 g/mol. The summed E-state index contributed by atoms with van der Waals surface area (Å²) in [5.41, 5.74) is 0.987. The maximum Gasteiger partial charge on any atom is 0.243 e. The molecule has 0 bridgehead atoms. The Balaban J connectivity index is 1.80. The number of nitrogens with zero attached hydrogens (tertiary/aromatic N) is 1. The Labute approximate surface area is 181 Å². The molecule has 0 unspecified atom stereocenters. The molecule has 1 amide bonds. The van der Waals surface area contributed by atoms with Crippen molar-refractivity contribution in [2.45, 2.75) is 56.0 Å². The Morgan fingerprint density at radius 2 is 1.69 bits per heavy atom. The van der Waals surface area contributed by atoms with Gasteiger partial charge in [0.2, 0.25) is 15.9 Å². The molecule has 0 saturated heterocycles. The van der Waals surface area contributed by atoms with Gasteiger partial charge >= 0.3 is 0 Å². The van der Waals surface area contributed by atoms with E-state index in [0.29, 0.717) is 0 Å². The van der Waals surface area contributed by atoms with E-state index in [2.05, 4.69) is 21.2 Å². The number of sulfonamides is 1. The number of hydrogen-bond donors (Lipinski definition) is 1. The molecule has 3 rings (SSSR count). The van der Waals surface area contributed by atoms with Crippen LogP contribution >= 0.6 is 15.9 Å². The lowest BCUT2D eigenvalue weighted by Crippen LogP contribution is -2.47. The van der Waals surface area contributed by atoms with Crippen LogP contribution in [-0.4, -0.2) is 31.2 Å². The van der Waals surface area contributed by atoms with Crippen molar-refractivity contribution in [2.24, 2.45) is 0 Å². The van der Waals surface area contributed by atoms with Crippen LogP contribution in [0.25, 0.3) is 0 Å². The average molecular weight is 479 g/mol. The summed E-state index contributed by atoms with van der Waals surface area (Å²) in [4.78, 5) is 13.0. The van der Waals surface area contributed by atoms with Crippen LogP contribution in [0.15, 0.2) is 64.0 Å². The average Bonchev–Trinajstić information content (AvgIpc) is 2.73. The van der Waals surface area contributed by atoms with Crippen LogP contribution < -0.4 is 5.32 Å². The van der Waals surface area contributed by atoms with Gasteiger partial charge in [0.25, 0.3) is 0 Å². The first-order valence-electron chi connectivity index (χ1n) is 9.99. The molecule has 0 aliphatic heterocycles. The van der Waals surface area contributed by atoms with E-state index in [1.54, 1.807) is 24.3 Å². The number of amides is 1. The van der Waals surface area contributed by atoms with Crippen LogP contribution in [0.2, 0.25) is 0 Å². The van der Waals surface area contributed by atoms with E-state index in [-0.39, 0.29) is 29.4 Å². The summed E-state index contributed by atoms with van der Waals surface area (Å²) in [7, 11) is -3.76. The minimum Gasteiger partial charge on any atom is -0.348 e. The largest absolute Gasteiger partial charge is 0.348 e. The Hall–Kier alpha value is -1.70. The number of hydrogen-bond acceptors (Lipinski definition) is 3. The highest BCUT2D eigenvalue weighted by Crippen LogP contribution is 2.28. The molecule has 0 aromatic heterocycles. The quantitative estimate of drug-likeness (QED) is 0.629. The van der Waals surface area contributed by atoms with E-state index in [0.717, 1.165) is 42.1 Å². The topological polar surface area (TPSA) is 66.5 Å². The summed E-state index contributed by atoms with van der Waals surface area (Å²) >= 11 is 3.34. The maximum absolute atomic E-state index is 13.4. The molecule has 29 heavy (non-hydrogen) atoms. The van der Waals surface area contributed by atoms with Crippen molar-refractivity contribution in [1.82, 2.24) is 9.62 Å². The Morgan fingerprint density at radius 3 is 2.31 bits per heavy atom. The molecule has 156 valence electrons. The van der Waals surface area contributed by atoms with Crippen molar-refractivity contribution in [3.8, 4) is 0 Å². The molecule has 0 heterocycles. The Kier molecular flexibility index (Phi) is 7.49. The summed E-state index contributed by atoms with van der Waals surface area (Å²) in [5, 5.41) is 2.95. The highest BCUT2D eigenvalue weighted by atomic mass is 79.9. The summed E-state index contributed by atoms with van der Waals surface area (Å²) in [6, 6.07) is 15.9. The summed E-state index contributed by atoms with van der Waals surface area (Å²) in [6.45, 7) is 1.74. The number of halogens is 1. The first kappa shape index (κ1) is 22.0. The van der Waals surface area contributed by atoms with Crippen molar-refractivity contribution in [1.29, 1.82) is 0 Å². The van der Waals surface area contributed by atoms with Crippen LogP contribution in [0.5, 0.6) is 0 Å². The molecule has 0 spiro atoms. The van der Waals surface area contributed by atoms with Crippen molar-refractivity contribution in [2.75, 3.05) is 6.54 Å². The van der Waals surface area contributed by atoms with Gasteiger partial charge in [-0.05, 0) is 49.6 Å². The van der Waals surface area contributed by atoms with E-state index >= 15 is 0 Å². The molecule has 2 aromatic carbocycles. The number of nitrogens with one attached hydrogen (secondary N) is 1. The zero-order valence-electron chi connectivity index (χ0n) is 16.6. The van der Waals surface area contributed by atoms with E-state index < -0.39 is 10.0 Å². The number of carbonyl (C=O) groups is 1. The molecule has 0 radical (unpaired) electrons. The van der Waals surface area contributed by atoms with Crippen molar-refractivity contribution < 1.29 is 13.2 Å². The van der Waals surface area contributed by atoms with Crippen molar-refractivity contribution >= 4 is 31.9 Å². The first-order valence-corrected chi connectivity index (χ1v) is 12.2. The molecule has 2 aromatic rings. The standard InChI is InChI=1S/C22H27BrN2O3S/c1-17(18-8-4-2-5-9-18)24-22(26)16-25(20-10-6-3-7-11-20)29(27,28)21-14-12-19(23)13-15-21/h2,4-5,8-9,12-15,17,20H,3,6-7,10-11,16H2,1H3,(H,24,26)/t17-/m0/s1. The molecule has 1 N–H and O–H groups in total. The molecule has 1 atom stereocenters. The van der Waals surface area contributed by atoms with Crippen LogP contribution in [0.1, 0.15) is 50.6 Å². The first-order chi connectivity index (χ1) is 13.9. The lowest BCUT2D eigenvalue weighted by atomic mass is 9.95. The van der Waals surface area contributed by atoms with Gasteiger partial charge in [-0.3, -0.25) is 4.79 Å². The van der Waals surface area contributed by atoms with Crippen LogP contribution in [0.3, 0.4) is 0 Å². The minimum absolute atomic E-state index is 0.143. The molecule has 1 aliphatic carbocycles. The van der Waals surface area contributed by atoms with Crippen LogP contribution in [-0.2, 0) is 14.8 Å². The van der Waals surface area contributed by atoms with Gasteiger partial charge < -0.3 is 5.32 Å². The van der Waals surface area contributed by atoms with Crippen LogP contribution in [0, 0.1) is 0 Å². The van der Waals surface area contributed by atoms with Gasteiger partial charge in [-0.1, -0.05) is 65.5 Å². The second kappa shape index (κ2) is 9.87. The van der Waals surface area contributed by atoms with E-state index in [1.165, 1.54) is 4.31 Å². The lowest BCUT2D eigenvalue weighted by molar-refractivity contribution is -0.122. The Morgan fingerprint density at radius 1 is 1.07 bits per heavy atom. The van der Waals surface area contributed by atoms with Gasteiger partial charge in [-0.2, -0.15) is 4.31 Å². The second-order valence-electron chi connectivity index (χ2n) is 7.50. The lowest BCUT2D eigenvalue weighted by Gasteiger charge is -2.33. The van der Waals surface area contributed by atoms with E-state index in [4.69, 9.17) is 0 Å². The number of rotatable bonds is 7. The van der Waals surface area contributed by atoms with Gasteiger partial charge in [0.15, 0.2) is 0 Å². The third-order valence-corrected chi connectivity index (χ3v) is 7.82. The normalized spacial score (nSPS) is 16.5. The van der Waals surface area contributed by atoms with Crippen LogP contribution in [0.4, 0.5) is 0 Å². The van der Waals surface area contributed by atoms with Crippen molar-refractivity contribution in [3.05, 3.63) is 64.6 Å². The zero-order valence-corrected chi connectivity index (χ0v) is 19.0. The van der Waals surface area contributed by atoms with E-state index in [9.17, 15) is 13.2 Å². The van der Waals surface area contributed by atoms with Gasteiger partial charge in [-0.15, -0.1) is 0 Å². The Bertz CT molecular complexity index is 911. The number of benzene rings is 2. The van der Waals surface area contributed by atoms with Gasteiger partial charge in [-0.25, -0.2) is 8.42 Å². The molecule has 1 aliphatic rings. The molecule has 1 fully saturated rings. The predicted molar refractivity (Wildman–Crippen MR) is 118 cm³/mol. The fraction of sp³-hybridized carbons (Fsp3) is 0.409. The predicted octanol–water partition coefficient (Wildman–Crippen LogP) is 4.65. The fourth-order valence-corrected chi connectivity index (χ4v) is 5.68. The summed E-state index contributed by atoms with van der Waals surface area (Å²) < 4.78 is 28.9. The minimum atomic E-state index is -3.76. The van der Waals surface area contributed by atoms with Gasteiger partial charge in [0, 0.05) is 10.5 Å². The molecule has 7 heteroatoms. The highest BCUT2D eigenvalue weighted by Gasteiger charge is 2.34. The SMILES string of the molecule is C[C@H](NC(=O)CN(C1CCCCC1)S(=O)(=O)c1ccc(Br)cc1)c1ccccc1. The fourth-order valence-electron chi connectivity index (χ4n) is 3.78. The van der Waals surface area contributed by atoms with E-state index in [1.807, 2.05) is 37.3 Å². The molecule has 5 nitrogen and oxygen atoms in total. The molecular formula is C22H27BrN2O3S. The summed E-state index contributed by atoms with van der Waals surface area (Å²) in [6.07, 6.45) is 4.66. The maximum atomic E-state index is 13.4. The van der Waals surface area contributed by atoms with Gasteiger partial charge in [0.1, 0.15) is 0 Å². The third-order valence-electron chi connectivity index (χ3n) is 5.38.